The molecule has 28 heavy (non-hydrogen) atoms. The average Bonchev–Trinajstić information content (AvgIpc) is 2.69. The highest BCUT2D eigenvalue weighted by molar-refractivity contribution is 6.31. The van der Waals surface area contributed by atoms with Crippen LogP contribution >= 0.6 is 11.6 Å². The van der Waals surface area contributed by atoms with Gasteiger partial charge in [-0.3, -0.25) is 4.79 Å². The van der Waals surface area contributed by atoms with Gasteiger partial charge < -0.3 is 15.4 Å². The fraction of sp³-hybridized carbons (Fsp3) is 0.182. The molecule has 5 nitrogen and oxygen atoms in total. The van der Waals surface area contributed by atoms with Crippen LogP contribution in [0.5, 0.6) is 5.75 Å². The molecule has 3 aromatic rings. The molecule has 3 rings (SSSR count). The molecule has 1 aromatic heterocycles. The molecule has 0 radical (unpaired) electrons. The van der Waals surface area contributed by atoms with E-state index < -0.39 is 0 Å². The molecule has 0 bridgehead atoms. The van der Waals surface area contributed by atoms with Gasteiger partial charge in [0.25, 0.3) is 5.91 Å². The topological polar surface area (TPSA) is 63.2 Å². The number of hydrogen-bond acceptors (Lipinski definition) is 4. The molecule has 0 aliphatic heterocycles. The smallest absolute Gasteiger partial charge is 0.255 e. The lowest BCUT2D eigenvalue weighted by Crippen LogP contribution is -2.13. The quantitative estimate of drug-likeness (QED) is 0.563. The lowest BCUT2D eigenvalue weighted by atomic mass is 10.2. The maximum absolute atomic E-state index is 12.5. The molecule has 0 aliphatic carbocycles. The Morgan fingerprint density at radius 2 is 1.86 bits per heavy atom. The minimum Gasteiger partial charge on any atom is -0.491 e. The maximum atomic E-state index is 12.5. The van der Waals surface area contributed by atoms with Gasteiger partial charge in [-0.15, -0.1) is 0 Å². The second kappa shape index (κ2) is 9.24. The van der Waals surface area contributed by atoms with Crippen LogP contribution in [0.4, 0.5) is 11.5 Å². The first-order valence-electron chi connectivity index (χ1n) is 9.02. The van der Waals surface area contributed by atoms with Crippen molar-refractivity contribution in [3.63, 3.8) is 0 Å². The number of anilines is 2. The van der Waals surface area contributed by atoms with Crippen LogP contribution < -0.4 is 15.4 Å². The molecule has 0 atom stereocenters. The summed E-state index contributed by atoms with van der Waals surface area (Å²) < 4.78 is 5.61. The second-order valence-electron chi connectivity index (χ2n) is 6.52. The van der Waals surface area contributed by atoms with E-state index in [4.69, 9.17) is 16.3 Å². The first-order chi connectivity index (χ1) is 13.5. The molecule has 2 N–H and O–H groups in total. The lowest BCUT2D eigenvalue weighted by Gasteiger charge is -2.11. The van der Waals surface area contributed by atoms with Crippen LogP contribution in [0.3, 0.4) is 0 Å². The number of ether oxygens (including phenoxy) is 1. The summed E-state index contributed by atoms with van der Waals surface area (Å²) in [4.78, 5) is 16.8. The molecule has 1 heterocycles. The van der Waals surface area contributed by atoms with Crippen molar-refractivity contribution in [3.05, 3.63) is 83.0 Å². The molecule has 2 aromatic carbocycles. The minimum absolute atomic E-state index is 0.106. The predicted molar refractivity (Wildman–Crippen MR) is 113 cm³/mol. The third-order valence-electron chi connectivity index (χ3n) is 3.92. The summed E-state index contributed by atoms with van der Waals surface area (Å²) in [6.45, 7) is 4.46. The Morgan fingerprint density at radius 3 is 2.57 bits per heavy atom. The van der Waals surface area contributed by atoms with Crippen molar-refractivity contribution in [2.45, 2.75) is 26.5 Å². The van der Waals surface area contributed by atoms with Gasteiger partial charge in [-0.2, -0.15) is 0 Å². The van der Waals surface area contributed by atoms with Crippen molar-refractivity contribution < 1.29 is 9.53 Å². The van der Waals surface area contributed by atoms with Gasteiger partial charge in [0.2, 0.25) is 0 Å². The van der Waals surface area contributed by atoms with Crippen molar-refractivity contribution in [3.8, 4) is 5.75 Å². The summed E-state index contributed by atoms with van der Waals surface area (Å²) in [7, 11) is 0. The molecule has 6 heteroatoms. The van der Waals surface area contributed by atoms with E-state index in [1.807, 2.05) is 62.4 Å². The van der Waals surface area contributed by atoms with Crippen LogP contribution in [0, 0.1) is 0 Å². The summed E-state index contributed by atoms with van der Waals surface area (Å²) >= 11 is 6.17. The molecule has 0 saturated carbocycles. The zero-order valence-electron chi connectivity index (χ0n) is 15.8. The molecular formula is C22H22ClN3O2. The summed E-state index contributed by atoms with van der Waals surface area (Å²) in [5, 5.41) is 6.76. The van der Waals surface area contributed by atoms with Crippen molar-refractivity contribution >= 4 is 29.0 Å². The van der Waals surface area contributed by atoms with Crippen LogP contribution in [-0.2, 0) is 6.54 Å². The van der Waals surface area contributed by atoms with Gasteiger partial charge in [0.05, 0.1) is 6.10 Å². The number of amides is 1. The van der Waals surface area contributed by atoms with E-state index in [-0.39, 0.29) is 12.0 Å². The number of carbonyl (C=O) groups excluding carboxylic acids is 1. The molecule has 0 spiro atoms. The summed E-state index contributed by atoms with van der Waals surface area (Å²) in [5.74, 6) is 1.16. The highest BCUT2D eigenvalue weighted by Gasteiger charge is 2.08. The van der Waals surface area contributed by atoms with E-state index in [0.29, 0.717) is 28.6 Å². The number of aromatic nitrogens is 1. The SMILES string of the molecule is CC(C)Oc1ccc(NC(=O)c2ccnc(NCc3ccccc3Cl)c2)cc1. The standard InChI is InChI=1S/C22H22ClN3O2/c1-15(2)28-19-9-7-18(8-10-19)26-22(27)16-11-12-24-21(13-16)25-14-17-5-3-4-6-20(17)23/h3-13,15H,14H2,1-2H3,(H,24,25)(H,26,27). The molecule has 144 valence electrons. The van der Waals surface area contributed by atoms with Crippen LogP contribution in [0.1, 0.15) is 29.8 Å². The zero-order chi connectivity index (χ0) is 19.9. The number of benzene rings is 2. The Hall–Kier alpha value is -3.05. The van der Waals surface area contributed by atoms with Crippen molar-refractivity contribution in [1.82, 2.24) is 4.98 Å². The fourth-order valence-corrected chi connectivity index (χ4v) is 2.79. The van der Waals surface area contributed by atoms with Gasteiger partial charge in [-0.1, -0.05) is 29.8 Å². The first kappa shape index (κ1) is 19.7. The predicted octanol–water partition coefficient (Wildman–Crippen LogP) is 5.39. The minimum atomic E-state index is -0.208. The van der Waals surface area contributed by atoms with E-state index in [0.717, 1.165) is 11.3 Å². The largest absolute Gasteiger partial charge is 0.491 e. The molecule has 0 saturated heterocycles. The number of hydrogen-bond donors (Lipinski definition) is 2. The third kappa shape index (κ3) is 5.47. The number of pyridine rings is 1. The summed E-state index contributed by atoms with van der Waals surface area (Å²) in [6, 6.07) is 18.3. The van der Waals surface area contributed by atoms with Gasteiger partial charge in [0.1, 0.15) is 11.6 Å². The average molecular weight is 396 g/mol. The second-order valence-corrected chi connectivity index (χ2v) is 6.93. The van der Waals surface area contributed by atoms with Crippen molar-refractivity contribution in [2.24, 2.45) is 0 Å². The van der Waals surface area contributed by atoms with E-state index in [2.05, 4.69) is 15.6 Å². The molecule has 0 fully saturated rings. The normalized spacial score (nSPS) is 10.6. The monoisotopic (exact) mass is 395 g/mol. The Morgan fingerprint density at radius 1 is 1.11 bits per heavy atom. The number of carbonyl (C=O) groups is 1. The van der Waals surface area contributed by atoms with Gasteiger partial charge in [0, 0.05) is 29.0 Å². The van der Waals surface area contributed by atoms with Gasteiger partial charge in [-0.25, -0.2) is 4.98 Å². The molecule has 0 unspecified atom stereocenters. The van der Waals surface area contributed by atoms with E-state index in [1.165, 1.54) is 0 Å². The van der Waals surface area contributed by atoms with E-state index in [9.17, 15) is 4.79 Å². The van der Waals surface area contributed by atoms with Crippen molar-refractivity contribution in [1.29, 1.82) is 0 Å². The first-order valence-corrected chi connectivity index (χ1v) is 9.40. The van der Waals surface area contributed by atoms with Crippen LogP contribution in [0.25, 0.3) is 0 Å². The molecule has 1 amide bonds. The number of rotatable bonds is 7. The Balaban J connectivity index is 1.62. The van der Waals surface area contributed by atoms with Crippen LogP contribution in [0.2, 0.25) is 5.02 Å². The Labute approximate surface area is 169 Å². The maximum Gasteiger partial charge on any atom is 0.255 e. The van der Waals surface area contributed by atoms with Crippen LogP contribution in [-0.4, -0.2) is 17.0 Å². The number of nitrogens with zero attached hydrogens (tertiary/aromatic N) is 1. The zero-order valence-corrected chi connectivity index (χ0v) is 16.5. The molecular weight excluding hydrogens is 374 g/mol. The Bertz CT molecular complexity index is 943. The Kier molecular flexibility index (Phi) is 6.50. The number of halogens is 1. The van der Waals surface area contributed by atoms with Gasteiger partial charge >= 0.3 is 0 Å². The highest BCUT2D eigenvalue weighted by Crippen LogP contribution is 2.19. The number of nitrogens with one attached hydrogen (secondary N) is 2. The van der Waals surface area contributed by atoms with E-state index >= 15 is 0 Å². The van der Waals surface area contributed by atoms with Crippen molar-refractivity contribution in [2.75, 3.05) is 10.6 Å². The fourth-order valence-electron chi connectivity index (χ4n) is 2.59. The lowest BCUT2D eigenvalue weighted by molar-refractivity contribution is 0.102. The van der Waals surface area contributed by atoms with Crippen LogP contribution in [0.15, 0.2) is 66.9 Å². The van der Waals surface area contributed by atoms with E-state index in [1.54, 1.807) is 18.3 Å². The van der Waals surface area contributed by atoms with Gasteiger partial charge in [0.15, 0.2) is 0 Å². The third-order valence-corrected chi connectivity index (χ3v) is 4.29. The summed E-state index contributed by atoms with van der Waals surface area (Å²) in [6.07, 6.45) is 1.71. The molecule has 0 aliphatic rings. The highest BCUT2D eigenvalue weighted by atomic mass is 35.5. The van der Waals surface area contributed by atoms with Gasteiger partial charge in [-0.05, 0) is 61.9 Å². The summed E-state index contributed by atoms with van der Waals surface area (Å²) in [5.41, 5.74) is 2.17.